The monoisotopic (exact) mass is 436 g/mol. The van der Waals surface area contributed by atoms with Crippen LogP contribution in [0.3, 0.4) is 0 Å². The number of anilines is 1. The molecule has 2 nitrogen and oxygen atoms in total. The Hall–Kier alpha value is -2.26. The predicted molar refractivity (Wildman–Crippen MR) is 130 cm³/mol. The summed E-state index contributed by atoms with van der Waals surface area (Å²) in [6.45, 7) is 5.85. The van der Waals surface area contributed by atoms with Crippen LogP contribution in [0, 0.1) is 6.92 Å². The zero-order valence-corrected chi connectivity index (χ0v) is 18.7. The molecule has 30 heavy (non-hydrogen) atoms. The van der Waals surface area contributed by atoms with Gasteiger partial charge < -0.3 is 4.90 Å². The molecule has 1 aliphatic heterocycles. The highest BCUT2D eigenvalue weighted by Crippen LogP contribution is 2.36. The average molecular weight is 437 g/mol. The summed E-state index contributed by atoms with van der Waals surface area (Å²) in [5, 5.41) is 1.57. The van der Waals surface area contributed by atoms with Crippen molar-refractivity contribution >= 4 is 35.0 Å². The summed E-state index contributed by atoms with van der Waals surface area (Å²) in [6, 6.07) is 25.2. The molecule has 0 radical (unpaired) electrons. The average Bonchev–Trinajstić information content (AvgIpc) is 2.75. The minimum Gasteiger partial charge on any atom is -0.361 e. The van der Waals surface area contributed by atoms with E-state index in [9.17, 15) is 0 Å². The van der Waals surface area contributed by atoms with Crippen molar-refractivity contribution < 1.29 is 0 Å². The molecule has 1 fully saturated rings. The van der Waals surface area contributed by atoms with E-state index in [0.717, 1.165) is 41.9 Å². The first kappa shape index (κ1) is 21.0. The molecule has 0 N–H and O–H groups in total. The molecule has 4 heteroatoms. The molecule has 0 aliphatic carbocycles. The molecule has 3 aromatic rings. The largest absolute Gasteiger partial charge is 0.361 e. The van der Waals surface area contributed by atoms with E-state index < -0.39 is 0 Å². The number of hydrogen-bond donors (Lipinski definition) is 0. The Morgan fingerprint density at radius 1 is 0.933 bits per heavy atom. The number of piperazine rings is 1. The fraction of sp³-hybridized carbons (Fsp3) is 0.231. The minimum atomic E-state index is 0.223. The van der Waals surface area contributed by atoms with Crippen molar-refractivity contribution in [2.75, 3.05) is 31.1 Å². The summed E-state index contributed by atoms with van der Waals surface area (Å²) in [5.74, 6) is 0. The van der Waals surface area contributed by atoms with E-state index in [1.807, 2.05) is 24.3 Å². The van der Waals surface area contributed by atoms with Crippen LogP contribution in [0.15, 0.2) is 78.9 Å². The molecule has 1 heterocycles. The van der Waals surface area contributed by atoms with Gasteiger partial charge in [-0.15, -0.1) is 0 Å². The molecule has 1 atom stereocenters. The van der Waals surface area contributed by atoms with Crippen molar-refractivity contribution in [3.05, 3.63) is 106 Å². The summed E-state index contributed by atoms with van der Waals surface area (Å²) in [6.07, 6.45) is 4.45. The molecule has 0 saturated carbocycles. The van der Waals surface area contributed by atoms with Gasteiger partial charge in [0.2, 0.25) is 0 Å². The summed E-state index contributed by atoms with van der Waals surface area (Å²) in [4.78, 5) is 4.93. The Kier molecular flexibility index (Phi) is 6.79. The summed E-state index contributed by atoms with van der Waals surface area (Å²) in [7, 11) is 0. The second-order valence-corrected chi connectivity index (χ2v) is 8.63. The van der Waals surface area contributed by atoms with Crippen molar-refractivity contribution in [3.63, 3.8) is 0 Å². The van der Waals surface area contributed by atoms with Gasteiger partial charge in [0.15, 0.2) is 0 Å². The molecular weight excluding hydrogens is 411 g/mol. The van der Waals surface area contributed by atoms with Crippen molar-refractivity contribution in [2.45, 2.75) is 13.0 Å². The van der Waals surface area contributed by atoms with E-state index in [2.05, 4.69) is 77.4 Å². The minimum absolute atomic E-state index is 0.223. The Bertz CT molecular complexity index is 999. The lowest BCUT2D eigenvalue weighted by Gasteiger charge is -2.43. The van der Waals surface area contributed by atoms with Gasteiger partial charge in [0.25, 0.3) is 0 Å². The lowest BCUT2D eigenvalue weighted by Crippen LogP contribution is -2.48. The van der Waals surface area contributed by atoms with Crippen LogP contribution >= 0.6 is 23.2 Å². The number of halogens is 2. The normalized spacial score (nSPS) is 17.6. The topological polar surface area (TPSA) is 6.48 Å². The lowest BCUT2D eigenvalue weighted by atomic mass is 10.0. The first-order valence-electron chi connectivity index (χ1n) is 10.3. The van der Waals surface area contributed by atoms with Gasteiger partial charge in [0.05, 0.1) is 16.8 Å². The zero-order valence-electron chi connectivity index (χ0n) is 17.1. The van der Waals surface area contributed by atoms with E-state index in [-0.39, 0.29) is 6.04 Å². The molecular formula is C26H26Cl2N2. The van der Waals surface area contributed by atoms with Gasteiger partial charge in [-0.25, -0.2) is 0 Å². The van der Waals surface area contributed by atoms with Crippen LogP contribution < -0.4 is 4.90 Å². The first-order valence-corrected chi connectivity index (χ1v) is 11.1. The highest BCUT2D eigenvalue weighted by Gasteiger charge is 2.29. The fourth-order valence-electron chi connectivity index (χ4n) is 4.01. The third-order valence-corrected chi connectivity index (χ3v) is 6.16. The van der Waals surface area contributed by atoms with Crippen molar-refractivity contribution in [2.24, 2.45) is 0 Å². The van der Waals surface area contributed by atoms with Crippen LogP contribution in [0.1, 0.15) is 22.7 Å². The molecule has 3 aromatic carbocycles. The Balaban J connectivity index is 1.55. The van der Waals surface area contributed by atoms with Gasteiger partial charge in [-0.1, -0.05) is 83.9 Å². The van der Waals surface area contributed by atoms with E-state index in [0.29, 0.717) is 0 Å². The third kappa shape index (κ3) is 5.07. The number of aryl methyl sites for hydroxylation is 1. The molecule has 1 aliphatic rings. The number of benzene rings is 3. The van der Waals surface area contributed by atoms with Gasteiger partial charge in [0, 0.05) is 31.2 Å². The highest BCUT2D eigenvalue weighted by molar-refractivity contribution is 6.33. The first-order chi connectivity index (χ1) is 14.6. The second-order valence-electron chi connectivity index (χ2n) is 7.79. The van der Waals surface area contributed by atoms with Crippen LogP contribution in [-0.2, 0) is 0 Å². The van der Waals surface area contributed by atoms with Crippen LogP contribution in [0.4, 0.5) is 5.69 Å². The Morgan fingerprint density at radius 2 is 1.70 bits per heavy atom. The Labute approximate surface area is 189 Å². The smallest absolute Gasteiger partial charge is 0.0670 e. The van der Waals surface area contributed by atoms with E-state index in [4.69, 9.17) is 23.2 Å². The standard InChI is InChI=1S/C26H26Cl2N2/c1-20-9-14-25(24(28)18-20)30-17-16-29(15-5-8-21-6-3-2-4-7-21)19-26(30)22-10-12-23(27)13-11-22/h2-14,18,26H,15-17,19H2,1H3/b8-5+. The highest BCUT2D eigenvalue weighted by atomic mass is 35.5. The van der Waals surface area contributed by atoms with Crippen molar-refractivity contribution in [3.8, 4) is 0 Å². The molecule has 0 spiro atoms. The fourth-order valence-corrected chi connectivity index (χ4v) is 4.48. The molecule has 1 saturated heterocycles. The maximum atomic E-state index is 6.64. The maximum Gasteiger partial charge on any atom is 0.0670 e. The summed E-state index contributed by atoms with van der Waals surface area (Å²) in [5.41, 5.74) is 4.77. The van der Waals surface area contributed by atoms with E-state index in [1.54, 1.807) is 0 Å². The molecule has 0 aromatic heterocycles. The third-order valence-electron chi connectivity index (χ3n) is 5.61. The molecule has 0 amide bonds. The maximum absolute atomic E-state index is 6.64. The molecule has 4 rings (SSSR count). The number of rotatable bonds is 5. The van der Waals surface area contributed by atoms with Crippen molar-refractivity contribution in [1.29, 1.82) is 0 Å². The lowest BCUT2D eigenvalue weighted by molar-refractivity contribution is 0.245. The summed E-state index contributed by atoms with van der Waals surface area (Å²) >= 11 is 12.8. The van der Waals surface area contributed by atoms with E-state index >= 15 is 0 Å². The quantitative estimate of drug-likeness (QED) is 0.429. The van der Waals surface area contributed by atoms with Gasteiger partial charge >= 0.3 is 0 Å². The number of nitrogens with zero attached hydrogens (tertiary/aromatic N) is 2. The van der Waals surface area contributed by atoms with Gasteiger partial charge in [-0.3, -0.25) is 4.90 Å². The van der Waals surface area contributed by atoms with Gasteiger partial charge in [-0.05, 0) is 47.9 Å². The predicted octanol–water partition coefficient (Wildman–Crippen LogP) is 6.88. The van der Waals surface area contributed by atoms with Crippen LogP contribution in [-0.4, -0.2) is 31.1 Å². The van der Waals surface area contributed by atoms with Crippen molar-refractivity contribution in [1.82, 2.24) is 4.90 Å². The van der Waals surface area contributed by atoms with Crippen LogP contribution in [0.5, 0.6) is 0 Å². The van der Waals surface area contributed by atoms with Gasteiger partial charge in [-0.2, -0.15) is 0 Å². The molecule has 154 valence electrons. The zero-order chi connectivity index (χ0) is 20.9. The second kappa shape index (κ2) is 9.70. The van der Waals surface area contributed by atoms with Gasteiger partial charge in [0.1, 0.15) is 0 Å². The van der Waals surface area contributed by atoms with Crippen LogP contribution in [0.25, 0.3) is 6.08 Å². The molecule has 1 unspecified atom stereocenters. The summed E-state index contributed by atoms with van der Waals surface area (Å²) < 4.78 is 0. The van der Waals surface area contributed by atoms with Crippen LogP contribution in [0.2, 0.25) is 10.0 Å². The van der Waals surface area contributed by atoms with E-state index in [1.165, 1.54) is 16.7 Å². The molecule has 0 bridgehead atoms. The Morgan fingerprint density at radius 3 is 2.43 bits per heavy atom. The number of hydrogen-bond acceptors (Lipinski definition) is 2. The SMILES string of the molecule is Cc1ccc(N2CCN(C/C=C/c3ccccc3)CC2c2ccc(Cl)cc2)c(Cl)c1.